The van der Waals surface area contributed by atoms with E-state index in [2.05, 4.69) is 43.4 Å². The van der Waals surface area contributed by atoms with Gasteiger partial charge in [-0.05, 0) is 50.8 Å². The van der Waals surface area contributed by atoms with Crippen LogP contribution in [0, 0.1) is 0 Å². The van der Waals surface area contributed by atoms with Crippen molar-refractivity contribution in [1.82, 2.24) is 5.32 Å². The lowest BCUT2D eigenvalue weighted by Gasteiger charge is -2.23. The largest absolute Gasteiger partial charge is 0.378 e. The Morgan fingerprint density at radius 2 is 2.11 bits per heavy atom. The van der Waals surface area contributed by atoms with Crippen LogP contribution >= 0.6 is 0 Å². The molecule has 1 aliphatic rings. The van der Waals surface area contributed by atoms with Crippen LogP contribution in [0.4, 0.5) is 0 Å². The molecular weight excluding hydrogens is 222 g/mol. The van der Waals surface area contributed by atoms with Gasteiger partial charge in [0.2, 0.25) is 0 Å². The molecular formula is C16H25NO. The van der Waals surface area contributed by atoms with Crippen molar-refractivity contribution >= 4 is 0 Å². The van der Waals surface area contributed by atoms with Crippen molar-refractivity contribution in [2.45, 2.75) is 51.2 Å². The van der Waals surface area contributed by atoms with E-state index in [9.17, 15) is 0 Å². The Labute approximate surface area is 111 Å². The molecule has 0 amide bonds. The molecule has 1 aromatic rings. The molecule has 100 valence electrons. The van der Waals surface area contributed by atoms with Gasteiger partial charge in [-0.1, -0.05) is 24.3 Å². The van der Waals surface area contributed by atoms with Crippen molar-refractivity contribution in [2.75, 3.05) is 13.7 Å². The van der Waals surface area contributed by atoms with E-state index >= 15 is 0 Å². The number of hydrogen-bond acceptors (Lipinski definition) is 2. The highest BCUT2D eigenvalue weighted by atomic mass is 16.5. The molecule has 1 atom stereocenters. The minimum absolute atomic E-state index is 0.0791. The maximum absolute atomic E-state index is 5.50. The molecule has 1 aromatic carbocycles. The summed E-state index contributed by atoms with van der Waals surface area (Å²) in [6, 6.07) is 9.62. The minimum atomic E-state index is -0.0791. The molecule has 1 saturated heterocycles. The van der Waals surface area contributed by atoms with Gasteiger partial charge in [-0.15, -0.1) is 0 Å². The molecule has 1 N–H and O–H groups in total. The Morgan fingerprint density at radius 1 is 1.33 bits per heavy atom. The maximum Gasteiger partial charge on any atom is 0.0662 e. The molecule has 2 nitrogen and oxygen atoms in total. The van der Waals surface area contributed by atoms with Gasteiger partial charge in [-0.3, -0.25) is 0 Å². The van der Waals surface area contributed by atoms with Crippen LogP contribution in [0.25, 0.3) is 0 Å². The number of benzene rings is 1. The first-order valence-corrected chi connectivity index (χ1v) is 6.95. The molecule has 18 heavy (non-hydrogen) atoms. The quantitative estimate of drug-likeness (QED) is 0.864. The molecule has 0 radical (unpaired) electrons. The van der Waals surface area contributed by atoms with Gasteiger partial charge >= 0.3 is 0 Å². The van der Waals surface area contributed by atoms with E-state index in [1.54, 1.807) is 7.11 Å². The van der Waals surface area contributed by atoms with Crippen LogP contribution in [0.3, 0.4) is 0 Å². The monoisotopic (exact) mass is 247 g/mol. The molecule has 1 heterocycles. The fourth-order valence-corrected chi connectivity index (χ4v) is 2.65. The van der Waals surface area contributed by atoms with Gasteiger partial charge in [0, 0.05) is 19.6 Å². The number of ether oxygens (including phenoxy) is 1. The van der Waals surface area contributed by atoms with E-state index in [4.69, 9.17) is 4.74 Å². The molecule has 0 spiro atoms. The highest BCUT2D eigenvalue weighted by Crippen LogP contribution is 2.19. The van der Waals surface area contributed by atoms with E-state index < -0.39 is 0 Å². The molecule has 1 fully saturated rings. The Hall–Kier alpha value is -0.860. The zero-order chi connectivity index (χ0) is 13.0. The summed E-state index contributed by atoms with van der Waals surface area (Å²) >= 11 is 0. The fraction of sp³-hybridized carbons (Fsp3) is 0.625. The van der Waals surface area contributed by atoms with Crippen molar-refractivity contribution in [3.63, 3.8) is 0 Å². The van der Waals surface area contributed by atoms with E-state index in [1.165, 1.54) is 30.5 Å². The first-order chi connectivity index (χ1) is 8.59. The molecule has 1 unspecified atom stereocenters. The van der Waals surface area contributed by atoms with Crippen LogP contribution in [-0.4, -0.2) is 25.3 Å². The third-order valence-corrected chi connectivity index (χ3v) is 3.82. The summed E-state index contributed by atoms with van der Waals surface area (Å²) in [4.78, 5) is 0. The summed E-state index contributed by atoms with van der Waals surface area (Å²) in [5.74, 6) is 0. The summed E-state index contributed by atoms with van der Waals surface area (Å²) < 4.78 is 5.50. The lowest BCUT2D eigenvalue weighted by molar-refractivity contribution is 0.0232. The van der Waals surface area contributed by atoms with Crippen LogP contribution in [0.5, 0.6) is 0 Å². The normalized spacial score (nSPS) is 20.3. The summed E-state index contributed by atoms with van der Waals surface area (Å²) in [5, 5.41) is 3.56. The average Bonchev–Trinajstić information content (AvgIpc) is 2.82. The number of rotatable bonds is 5. The topological polar surface area (TPSA) is 21.3 Å². The highest BCUT2D eigenvalue weighted by molar-refractivity contribution is 5.25. The second-order valence-corrected chi connectivity index (χ2v) is 5.96. The fourth-order valence-electron chi connectivity index (χ4n) is 2.65. The van der Waals surface area contributed by atoms with E-state index in [0.29, 0.717) is 6.04 Å². The molecule has 1 aliphatic heterocycles. The van der Waals surface area contributed by atoms with Crippen molar-refractivity contribution in [3.05, 3.63) is 35.4 Å². The van der Waals surface area contributed by atoms with E-state index in [-0.39, 0.29) is 5.60 Å². The van der Waals surface area contributed by atoms with Gasteiger partial charge in [0.15, 0.2) is 0 Å². The Balaban J connectivity index is 2.00. The van der Waals surface area contributed by atoms with Crippen molar-refractivity contribution < 1.29 is 4.74 Å². The summed E-state index contributed by atoms with van der Waals surface area (Å²) in [7, 11) is 1.78. The third-order valence-electron chi connectivity index (χ3n) is 3.82. The first kappa shape index (κ1) is 13.6. The number of hydrogen-bond donors (Lipinski definition) is 1. The molecule has 0 aromatic heterocycles. The average molecular weight is 247 g/mol. The van der Waals surface area contributed by atoms with E-state index in [0.717, 1.165) is 12.8 Å². The Kier molecular flexibility index (Phi) is 4.41. The Morgan fingerprint density at radius 3 is 2.78 bits per heavy atom. The molecule has 0 bridgehead atoms. The smallest absolute Gasteiger partial charge is 0.0662 e. The zero-order valence-corrected chi connectivity index (χ0v) is 11.8. The van der Waals surface area contributed by atoms with Crippen molar-refractivity contribution in [3.8, 4) is 0 Å². The standard InChI is InChI=1S/C16H25NO/c1-16(2,18-3)12-14-7-4-6-13(10-14)11-15-8-5-9-17-15/h4,6-7,10,15,17H,5,8-9,11-12H2,1-3H3. The predicted octanol–water partition coefficient (Wildman–Crippen LogP) is 2.95. The van der Waals surface area contributed by atoms with Crippen LogP contribution in [-0.2, 0) is 17.6 Å². The van der Waals surface area contributed by atoms with Crippen LogP contribution < -0.4 is 5.32 Å². The van der Waals surface area contributed by atoms with Gasteiger partial charge in [0.1, 0.15) is 0 Å². The second kappa shape index (κ2) is 5.85. The highest BCUT2D eigenvalue weighted by Gasteiger charge is 2.18. The molecule has 0 aliphatic carbocycles. The van der Waals surface area contributed by atoms with Gasteiger partial charge in [-0.2, -0.15) is 0 Å². The lowest BCUT2D eigenvalue weighted by Crippen LogP contribution is -2.26. The van der Waals surface area contributed by atoms with Gasteiger partial charge in [-0.25, -0.2) is 0 Å². The minimum Gasteiger partial charge on any atom is -0.378 e. The summed E-state index contributed by atoms with van der Waals surface area (Å²) in [6.45, 7) is 5.46. The Bertz CT molecular complexity index is 380. The van der Waals surface area contributed by atoms with Crippen molar-refractivity contribution in [2.24, 2.45) is 0 Å². The van der Waals surface area contributed by atoms with E-state index in [1.807, 2.05) is 0 Å². The van der Waals surface area contributed by atoms with Crippen LogP contribution in [0.15, 0.2) is 24.3 Å². The SMILES string of the molecule is COC(C)(C)Cc1cccc(CC2CCCN2)c1. The molecule has 2 rings (SSSR count). The number of methoxy groups -OCH3 is 1. The predicted molar refractivity (Wildman–Crippen MR) is 76.0 cm³/mol. The van der Waals surface area contributed by atoms with Gasteiger partial charge in [0.05, 0.1) is 5.60 Å². The summed E-state index contributed by atoms with van der Waals surface area (Å²) in [6.07, 6.45) is 4.76. The van der Waals surface area contributed by atoms with Crippen molar-refractivity contribution in [1.29, 1.82) is 0 Å². The van der Waals surface area contributed by atoms with Gasteiger partial charge in [0.25, 0.3) is 0 Å². The number of nitrogens with one attached hydrogen (secondary N) is 1. The van der Waals surface area contributed by atoms with Crippen LogP contribution in [0.1, 0.15) is 37.8 Å². The molecule has 0 saturated carbocycles. The van der Waals surface area contributed by atoms with Gasteiger partial charge < -0.3 is 10.1 Å². The second-order valence-electron chi connectivity index (χ2n) is 5.96. The summed E-state index contributed by atoms with van der Waals surface area (Å²) in [5.41, 5.74) is 2.74. The third kappa shape index (κ3) is 3.82. The maximum atomic E-state index is 5.50. The lowest BCUT2D eigenvalue weighted by atomic mass is 9.95. The first-order valence-electron chi connectivity index (χ1n) is 6.95. The van der Waals surface area contributed by atoms with Crippen LogP contribution in [0.2, 0.25) is 0 Å². The molecule has 2 heteroatoms. The zero-order valence-electron chi connectivity index (χ0n) is 11.8.